The Bertz CT molecular complexity index is 1800. The fourth-order valence-electron chi connectivity index (χ4n) is 9.52. The molecule has 4 saturated carbocycles. The molecule has 11 nitrogen and oxygen atoms in total. The number of ether oxygens (including phenoxy) is 2. The highest BCUT2D eigenvalue weighted by atomic mass is 16.6. The van der Waals surface area contributed by atoms with E-state index in [0.717, 1.165) is 17.5 Å². The van der Waals surface area contributed by atoms with Gasteiger partial charge in [0.1, 0.15) is 11.5 Å². The predicted molar refractivity (Wildman–Crippen MR) is 160 cm³/mol. The maximum Gasteiger partial charge on any atom is 0.342 e. The fraction of sp³-hybridized carbons (Fsp3) is 0.364. The van der Waals surface area contributed by atoms with Crippen LogP contribution in [-0.4, -0.2) is 51.6 Å². The number of carboxylic acid groups (broad SMARTS) is 1. The quantitative estimate of drug-likeness (QED) is 0.212. The number of fused-ring (bicyclic) bond motifs is 1. The number of nitrogens with one attached hydrogen (secondary N) is 1. The van der Waals surface area contributed by atoms with Gasteiger partial charge in [-0.2, -0.15) is 9.78 Å². The van der Waals surface area contributed by atoms with E-state index in [-0.39, 0.29) is 11.6 Å². The summed E-state index contributed by atoms with van der Waals surface area (Å²) in [5.41, 5.74) is -1.22. The number of methoxy groups -OCH3 is 2. The van der Waals surface area contributed by atoms with Crippen LogP contribution in [0.15, 0.2) is 73.1 Å². The Morgan fingerprint density at radius 1 is 0.977 bits per heavy atom. The number of hydrogen-bond acceptors (Lipinski definition) is 7. The van der Waals surface area contributed by atoms with E-state index in [1.165, 1.54) is 23.1 Å². The maximum atomic E-state index is 13.7. The van der Waals surface area contributed by atoms with Gasteiger partial charge >= 0.3 is 12.0 Å². The summed E-state index contributed by atoms with van der Waals surface area (Å²) in [6, 6.07) is 17.1. The van der Waals surface area contributed by atoms with Crippen LogP contribution in [0.5, 0.6) is 11.5 Å². The minimum atomic E-state index is -1.16. The number of carbonyl (C=O) groups excluding carboxylic acids is 1. The number of carbonyl (C=O) groups is 2. The Morgan fingerprint density at radius 3 is 2.34 bits per heavy atom. The van der Waals surface area contributed by atoms with Crippen molar-refractivity contribution in [2.24, 2.45) is 11.8 Å². The third-order valence-corrected chi connectivity index (χ3v) is 10.3. The Labute approximate surface area is 252 Å². The zero-order chi connectivity index (χ0) is 30.9. The predicted octanol–water partition coefficient (Wildman–Crippen LogP) is 5.44. The molecule has 8 rings (SSSR count). The first-order valence-electron chi connectivity index (χ1n) is 14.6. The van der Waals surface area contributed by atoms with Gasteiger partial charge in [-0.05, 0) is 73.2 Å². The van der Waals surface area contributed by atoms with Gasteiger partial charge in [-0.15, -0.1) is 0 Å². The second-order valence-corrected chi connectivity index (χ2v) is 12.5. The van der Waals surface area contributed by atoms with Crippen LogP contribution in [0.3, 0.4) is 0 Å². The molecule has 0 radical (unpaired) electrons. The molecule has 1 aromatic heterocycles. The minimum Gasteiger partial charge on any atom is -0.496 e. The second kappa shape index (κ2) is 9.80. The lowest BCUT2D eigenvalue weighted by molar-refractivity contribution is -0.383. The molecule has 1 heterocycles. The SMILES string of the molecule is COc1cccc(OC)c1C12CC3CC(NC(=O)n4cccn4)(C1)C(C(=O)O)C(c1ccc([N+](=O)[O-])c4ccccc14)(C3)C2. The number of aromatic nitrogens is 2. The van der Waals surface area contributed by atoms with Gasteiger partial charge in [0, 0.05) is 34.9 Å². The summed E-state index contributed by atoms with van der Waals surface area (Å²) in [6.45, 7) is 0. The van der Waals surface area contributed by atoms with Crippen LogP contribution in [0.4, 0.5) is 10.5 Å². The lowest BCUT2D eigenvalue weighted by Gasteiger charge is -2.69. The number of benzene rings is 3. The van der Waals surface area contributed by atoms with Crippen molar-refractivity contribution in [3.8, 4) is 11.5 Å². The topological polar surface area (TPSA) is 146 Å². The largest absolute Gasteiger partial charge is 0.496 e. The number of amides is 1. The molecular formula is C33H32N4O7. The number of rotatable bonds is 7. The van der Waals surface area contributed by atoms with E-state index < -0.39 is 39.2 Å². The number of nitrogens with zero attached hydrogens (tertiary/aromatic N) is 3. The van der Waals surface area contributed by atoms with E-state index in [1.807, 2.05) is 30.3 Å². The van der Waals surface area contributed by atoms with E-state index in [2.05, 4.69) is 10.4 Å². The second-order valence-electron chi connectivity index (χ2n) is 12.5. The van der Waals surface area contributed by atoms with Gasteiger partial charge in [0.2, 0.25) is 0 Å². The highest BCUT2D eigenvalue weighted by molar-refractivity contribution is 5.95. The molecule has 4 aromatic rings. The highest BCUT2D eigenvalue weighted by Crippen LogP contribution is 2.71. The summed E-state index contributed by atoms with van der Waals surface area (Å²) in [5, 5.41) is 31.6. The molecule has 4 bridgehead atoms. The average molecular weight is 597 g/mol. The van der Waals surface area contributed by atoms with Gasteiger partial charge in [-0.25, -0.2) is 4.79 Å². The third-order valence-electron chi connectivity index (χ3n) is 10.3. The van der Waals surface area contributed by atoms with Gasteiger partial charge in [0.15, 0.2) is 0 Å². The van der Waals surface area contributed by atoms with Crippen molar-refractivity contribution in [3.63, 3.8) is 0 Å². The summed E-state index contributed by atoms with van der Waals surface area (Å²) in [6.07, 6.45) is 5.61. The first-order chi connectivity index (χ1) is 21.2. The van der Waals surface area contributed by atoms with Crippen molar-refractivity contribution in [1.82, 2.24) is 15.1 Å². The number of nitro benzene ring substituents is 1. The molecule has 5 unspecified atom stereocenters. The Morgan fingerprint density at radius 2 is 1.70 bits per heavy atom. The van der Waals surface area contributed by atoms with Gasteiger partial charge in [-0.1, -0.05) is 30.3 Å². The average Bonchev–Trinajstić information content (AvgIpc) is 3.54. The molecule has 11 heteroatoms. The standard InChI is InChI=1S/C33H32N4O7/c1-43-25-9-5-10-26(44-2)27(25)31-15-20-16-32(18-31,23-11-12-24(37(41)42)22-8-4-3-7-21(22)23)28(29(38)39)33(17-20,19-31)35-30(40)36-14-6-13-34-36/h3-14,20,28H,15-19H2,1-2H3,(H,35,40)(H,38,39). The van der Waals surface area contributed by atoms with Crippen LogP contribution >= 0.6 is 0 Å². The molecule has 4 fully saturated rings. The molecule has 0 spiro atoms. The van der Waals surface area contributed by atoms with Crippen LogP contribution in [0.1, 0.15) is 43.2 Å². The molecule has 1 amide bonds. The maximum absolute atomic E-state index is 13.7. The Balaban J connectivity index is 1.53. The van der Waals surface area contributed by atoms with E-state index in [4.69, 9.17) is 9.47 Å². The van der Waals surface area contributed by atoms with Crippen molar-refractivity contribution in [2.75, 3.05) is 14.2 Å². The van der Waals surface area contributed by atoms with Crippen LogP contribution in [0.2, 0.25) is 0 Å². The van der Waals surface area contributed by atoms with Crippen molar-refractivity contribution in [3.05, 3.63) is 94.3 Å². The number of nitro groups is 1. The summed E-state index contributed by atoms with van der Waals surface area (Å²) in [5.74, 6) is -0.737. The Hall–Kier alpha value is -4.93. The van der Waals surface area contributed by atoms with Crippen molar-refractivity contribution in [1.29, 1.82) is 0 Å². The molecule has 5 atom stereocenters. The number of hydrogen-bond donors (Lipinski definition) is 2. The Kier molecular flexibility index (Phi) is 6.21. The molecule has 226 valence electrons. The molecule has 4 aliphatic rings. The van der Waals surface area contributed by atoms with Gasteiger partial charge < -0.3 is 19.9 Å². The van der Waals surface area contributed by atoms with Gasteiger partial charge in [0.25, 0.3) is 5.69 Å². The molecule has 44 heavy (non-hydrogen) atoms. The van der Waals surface area contributed by atoms with Crippen LogP contribution < -0.4 is 14.8 Å². The van der Waals surface area contributed by atoms with E-state index in [0.29, 0.717) is 48.0 Å². The van der Waals surface area contributed by atoms with E-state index in [9.17, 15) is 24.8 Å². The van der Waals surface area contributed by atoms with Crippen molar-refractivity contribution >= 4 is 28.5 Å². The third kappa shape index (κ3) is 3.84. The lowest BCUT2D eigenvalue weighted by atomic mass is 9.35. The number of carboxylic acids is 1. The van der Waals surface area contributed by atoms with Crippen LogP contribution in [0.25, 0.3) is 10.8 Å². The zero-order valence-electron chi connectivity index (χ0n) is 24.4. The van der Waals surface area contributed by atoms with Crippen LogP contribution in [0, 0.1) is 22.0 Å². The lowest BCUT2D eigenvalue weighted by Crippen LogP contribution is -2.75. The van der Waals surface area contributed by atoms with E-state index >= 15 is 0 Å². The zero-order valence-corrected chi connectivity index (χ0v) is 24.4. The summed E-state index contributed by atoms with van der Waals surface area (Å²) < 4.78 is 13.0. The molecule has 4 aliphatic carbocycles. The molecule has 3 aromatic carbocycles. The summed E-state index contributed by atoms with van der Waals surface area (Å²) in [7, 11) is 3.21. The molecule has 2 N–H and O–H groups in total. The normalized spacial score (nSPS) is 28.5. The van der Waals surface area contributed by atoms with Crippen molar-refractivity contribution < 1.29 is 29.1 Å². The van der Waals surface area contributed by atoms with E-state index in [1.54, 1.807) is 38.5 Å². The molecule has 0 aliphatic heterocycles. The summed E-state index contributed by atoms with van der Waals surface area (Å²) in [4.78, 5) is 38.9. The van der Waals surface area contributed by atoms with Crippen LogP contribution in [-0.2, 0) is 15.6 Å². The summed E-state index contributed by atoms with van der Waals surface area (Å²) >= 11 is 0. The highest BCUT2D eigenvalue weighted by Gasteiger charge is 2.72. The molecule has 0 saturated heterocycles. The monoisotopic (exact) mass is 596 g/mol. The van der Waals surface area contributed by atoms with Gasteiger partial charge in [0.05, 0.1) is 36.0 Å². The minimum absolute atomic E-state index is 0.0367. The van der Waals surface area contributed by atoms with Crippen molar-refractivity contribution in [2.45, 2.75) is 48.5 Å². The van der Waals surface area contributed by atoms with Gasteiger partial charge in [-0.3, -0.25) is 14.9 Å². The smallest absolute Gasteiger partial charge is 0.342 e. The number of non-ortho nitro benzene ring substituents is 1. The number of aliphatic carboxylic acids is 1. The molecular weight excluding hydrogens is 564 g/mol. The fourth-order valence-corrected chi connectivity index (χ4v) is 9.52. The first kappa shape index (κ1) is 27.9. The first-order valence-corrected chi connectivity index (χ1v) is 14.6.